The summed E-state index contributed by atoms with van der Waals surface area (Å²) >= 11 is 0. The summed E-state index contributed by atoms with van der Waals surface area (Å²) < 4.78 is 37.1. The molecule has 1 heterocycles. The van der Waals surface area contributed by atoms with Gasteiger partial charge in [-0.15, -0.1) is 0 Å². The molecule has 1 saturated heterocycles. The van der Waals surface area contributed by atoms with Crippen LogP contribution in [-0.4, -0.2) is 81.5 Å². The number of methoxy groups -OCH3 is 2. The second-order valence-electron chi connectivity index (χ2n) is 6.00. The standard InChI is InChI=1S/C17H26O11/c1-8(18)24-7-12(25-9(2)19)13-14(22-5)15(26-10(3)20)16(27-11(4)21)17(23-6)28-13/h12-17H,7H2,1-6H3. The molecule has 0 radical (unpaired) electrons. The number of carbonyl (C=O) groups is 4. The van der Waals surface area contributed by atoms with Crippen LogP contribution in [0.2, 0.25) is 0 Å². The van der Waals surface area contributed by atoms with Crippen LogP contribution in [0.1, 0.15) is 27.7 Å². The molecule has 0 saturated carbocycles. The Morgan fingerprint density at radius 3 is 1.79 bits per heavy atom. The van der Waals surface area contributed by atoms with Crippen molar-refractivity contribution in [1.29, 1.82) is 0 Å². The Kier molecular flexibility index (Phi) is 9.29. The van der Waals surface area contributed by atoms with Gasteiger partial charge in [0.15, 0.2) is 24.6 Å². The second kappa shape index (κ2) is 10.9. The predicted molar refractivity (Wildman–Crippen MR) is 89.8 cm³/mol. The highest BCUT2D eigenvalue weighted by Crippen LogP contribution is 2.31. The van der Waals surface area contributed by atoms with Crippen molar-refractivity contribution in [2.45, 2.75) is 64.5 Å². The highest BCUT2D eigenvalue weighted by Gasteiger charge is 2.53. The topological polar surface area (TPSA) is 133 Å². The maximum Gasteiger partial charge on any atom is 0.303 e. The average Bonchev–Trinajstić information content (AvgIpc) is 2.58. The van der Waals surface area contributed by atoms with Gasteiger partial charge in [-0.1, -0.05) is 0 Å². The van der Waals surface area contributed by atoms with Crippen LogP contribution in [-0.2, 0) is 52.3 Å². The van der Waals surface area contributed by atoms with Crippen molar-refractivity contribution >= 4 is 23.9 Å². The lowest BCUT2D eigenvalue weighted by Crippen LogP contribution is -2.64. The van der Waals surface area contributed by atoms with Crippen LogP contribution in [0.25, 0.3) is 0 Å². The van der Waals surface area contributed by atoms with E-state index in [0.29, 0.717) is 0 Å². The summed E-state index contributed by atoms with van der Waals surface area (Å²) in [7, 11) is 2.61. The van der Waals surface area contributed by atoms with Gasteiger partial charge in [-0.25, -0.2) is 0 Å². The summed E-state index contributed by atoms with van der Waals surface area (Å²) in [5.41, 5.74) is 0. The fraction of sp³-hybridized carbons (Fsp3) is 0.765. The number of esters is 4. The molecule has 1 rings (SSSR count). The van der Waals surface area contributed by atoms with Crippen LogP contribution in [0, 0.1) is 0 Å². The highest BCUT2D eigenvalue weighted by atomic mass is 16.7. The molecule has 0 aromatic carbocycles. The van der Waals surface area contributed by atoms with E-state index in [1.165, 1.54) is 41.9 Å². The van der Waals surface area contributed by atoms with E-state index in [9.17, 15) is 19.2 Å². The zero-order chi connectivity index (χ0) is 21.4. The predicted octanol–water partition coefficient (Wildman–Crippen LogP) is -0.269. The first kappa shape index (κ1) is 23.8. The van der Waals surface area contributed by atoms with Gasteiger partial charge in [-0.3, -0.25) is 19.2 Å². The fourth-order valence-electron chi connectivity index (χ4n) is 2.84. The van der Waals surface area contributed by atoms with Crippen LogP contribution in [0.5, 0.6) is 0 Å². The summed E-state index contributed by atoms with van der Waals surface area (Å²) in [5, 5.41) is 0. The quantitative estimate of drug-likeness (QED) is 0.389. The number of hydrogen-bond donors (Lipinski definition) is 0. The van der Waals surface area contributed by atoms with Gasteiger partial charge in [0.25, 0.3) is 0 Å². The third-order valence-electron chi connectivity index (χ3n) is 3.77. The van der Waals surface area contributed by atoms with E-state index in [2.05, 4.69) is 0 Å². The van der Waals surface area contributed by atoms with E-state index >= 15 is 0 Å². The normalized spacial score (nSPS) is 28.0. The molecule has 11 heteroatoms. The van der Waals surface area contributed by atoms with Gasteiger partial charge in [0.2, 0.25) is 0 Å². The van der Waals surface area contributed by atoms with Gasteiger partial charge in [0.1, 0.15) is 18.8 Å². The maximum absolute atomic E-state index is 11.6. The lowest BCUT2D eigenvalue weighted by molar-refractivity contribution is -0.314. The molecule has 0 amide bonds. The van der Waals surface area contributed by atoms with Gasteiger partial charge >= 0.3 is 23.9 Å². The summed E-state index contributed by atoms with van der Waals surface area (Å²) in [6.45, 7) is 4.38. The second-order valence-corrected chi connectivity index (χ2v) is 6.00. The molecule has 0 spiro atoms. The average molecular weight is 406 g/mol. The molecule has 0 N–H and O–H groups in total. The van der Waals surface area contributed by atoms with E-state index in [0.717, 1.165) is 0 Å². The molecule has 28 heavy (non-hydrogen) atoms. The highest BCUT2D eigenvalue weighted by molar-refractivity contribution is 5.68. The zero-order valence-corrected chi connectivity index (χ0v) is 16.7. The van der Waals surface area contributed by atoms with E-state index in [1.54, 1.807) is 0 Å². The van der Waals surface area contributed by atoms with Crippen molar-refractivity contribution in [3.63, 3.8) is 0 Å². The molecule has 1 aliphatic heterocycles. The maximum atomic E-state index is 11.6. The number of carbonyl (C=O) groups excluding carboxylic acids is 4. The Hall–Kier alpha value is -2.24. The van der Waals surface area contributed by atoms with Crippen LogP contribution >= 0.6 is 0 Å². The van der Waals surface area contributed by atoms with Gasteiger partial charge in [-0.05, 0) is 0 Å². The summed E-state index contributed by atoms with van der Waals surface area (Å²) in [6.07, 6.45) is -6.63. The number of hydrogen-bond acceptors (Lipinski definition) is 11. The Balaban J connectivity index is 3.27. The zero-order valence-electron chi connectivity index (χ0n) is 16.7. The SMILES string of the molecule is COC1OC(C(COC(C)=O)OC(C)=O)C(OC)C(OC(C)=O)C1OC(C)=O. The summed E-state index contributed by atoms with van der Waals surface area (Å²) in [4.78, 5) is 45.8. The lowest BCUT2D eigenvalue weighted by atomic mass is 9.94. The van der Waals surface area contributed by atoms with E-state index in [-0.39, 0.29) is 6.61 Å². The Morgan fingerprint density at radius 1 is 0.786 bits per heavy atom. The Morgan fingerprint density at radius 2 is 1.36 bits per heavy atom. The van der Waals surface area contributed by atoms with Gasteiger partial charge < -0.3 is 33.2 Å². The fourth-order valence-corrected chi connectivity index (χ4v) is 2.84. The smallest absolute Gasteiger partial charge is 0.303 e. The molecule has 1 fully saturated rings. The van der Waals surface area contributed by atoms with Gasteiger partial charge in [-0.2, -0.15) is 0 Å². The van der Waals surface area contributed by atoms with Crippen molar-refractivity contribution in [2.75, 3.05) is 20.8 Å². The summed E-state index contributed by atoms with van der Waals surface area (Å²) in [5.74, 6) is -2.57. The largest absolute Gasteiger partial charge is 0.462 e. The molecule has 0 aromatic heterocycles. The summed E-state index contributed by atoms with van der Waals surface area (Å²) in [6, 6.07) is 0. The van der Waals surface area contributed by atoms with Gasteiger partial charge in [0.05, 0.1) is 0 Å². The first-order valence-corrected chi connectivity index (χ1v) is 8.46. The molecule has 0 bridgehead atoms. The van der Waals surface area contributed by atoms with Crippen molar-refractivity contribution in [2.24, 2.45) is 0 Å². The molecule has 1 aliphatic rings. The van der Waals surface area contributed by atoms with E-state index in [4.69, 9.17) is 33.2 Å². The number of ether oxygens (including phenoxy) is 7. The van der Waals surface area contributed by atoms with Crippen molar-refractivity contribution in [1.82, 2.24) is 0 Å². The van der Waals surface area contributed by atoms with Gasteiger partial charge in [0, 0.05) is 41.9 Å². The molecule has 160 valence electrons. The molecule has 0 aromatic rings. The third kappa shape index (κ3) is 6.73. The lowest BCUT2D eigenvalue weighted by Gasteiger charge is -2.45. The first-order chi connectivity index (χ1) is 13.1. The van der Waals surface area contributed by atoms with Crippen LogP contribution in [0.3, 0.4) is 0 Å². The monoisotopic (exact) mass is 406 g/mol. The molecule has 6 unspecified atom stereocenters. The third-order valence-corrected chi connectivity index (χ3v) is 3.77. The minimum absolute atomic E-state index is 0.332. The Bertz CT molecular complexity index is 575. The van der Waals surface area contributed by atoms with Crippen LogP contribution in [0.4, 0.5) is 0 Å². The van der Waals surface area contributed by atoms with Crippen molar-refractivity contribution in [3.05, 3.63) is 0 Å². The van der Waals surface area contributed by atoms with E-state index in [1.807, 2.05) is 0 Å². The number of rotatable bonds is 8. The van der Waals surface area contributed by atoms with E-state index < -0.39 is 60.7 Å². The molecule has 0 aliphatic carbocycles. The first-order valence-electron chi connectivity index (χ1n) is 8.46. The molecule has 6 atom stereocenters. The van der Waals surface area contributed by atoms with Crippen molar-refractivity contribution < 1.29 is 52.3 Å². The molecular formula is C17H26O11. The van der Waals surface area contributed by atoms with Crippen molar-refractivity contribution in [3.8, 4) is 0 Å². The van der Waals surface area contributed by atoms with Crippen LogP contribution in [0.15, 0.2) is 0 Å². The molecular weight excluding hydrogens is 380 g/mol. The minimum Gasteiger partial charge on any atom is -0.462 e. The van der Waals surface area contributed by atoms with Crippen LogP contribution < -0.4 is 0 Å². The molecule has 11 nitrogen and oxygen atoms in total. The minimum atomic E-state index is -1.17. The Labute approximate surface area is 162 Å².